The van der Waals surface area contributed by atoms with Crippen molar-refractivity contribution in [2.45, 2.75) is 31.6 Å². The minimum atomic E-state index is -4.41. The molecule has 1 aliphatic heterocycles. The number of nitrogens with zero attached hydrogens (tertiary/aromatic N) is 4. The zero-order chi connectivity index (χ0) is 19.7. The first-order valence-electron chi connectivity index (χ1n) is 8.93. The molecule has 3 aromatic rings. The number of thiazole rings is 1. The Kier molecular flexibility index (Phi) is 5.20. The maximum Gasteiger partial charge on any atom is 0.433 e. The summed E-state index contributed by atoms with van der Waals surface area (Å²) in [4.78, 5) is 6.71. The molecule has 1 aromatic carbocycles. The highest BCUT2D eigenvalue weighted by Gasteiger charge is 2.37. The van der Waals surface area contributed by atoms with Gasteiger partial charge in [-0.05, 0) is 49.7 Å². The van der Waals surface area contributed by atoms with Crippen LogP contribution < -0.4 is 0 Å². The highest BCUT2D eigenvalue weighted by atomic mass is 32.1. The molecule has 1 saturated heterocycles. The van der Waals surface area contributed by atoms with Gasteiger partial charge in [-0.3, -0.25) is 9.58 Å². The maximum absolute atomic E-state index is 13.2. The standard InChI is InChI=1S/C19H18F4N4S/c20-14-5-3-13(4-6-14)18-25-15(12-28-18)10-26-9-1-2-16(11-26)27-17(7-8-24-27)19(21,22)23/h3-8,12,16H,1-2,9-11H2/t16-/m1/s1. The van der Waals surface area contributed by atoms with Crippen molar-refractivity contribution in [3.63, 3.8) is 0 Å². The third-order valence-electron chi connectivity index (χ3n) is 4.82. The molecule has 1 atom stereocenters. The summed E-state index contributed by atoms with van der Waals surface area (Å²) in [5, 5.41) is 6.67. The number of piperidine rings is 1. The summed E-state index contributed by atoms with van der Waals surface area (Å²) in [6.45, 7) is 1.87. The summed E-state index contributed by atoms with van der Waals surface area (Å²) in [6, 6.07) is 6.88. The van der Waals surface area contributed by atoms with Crippen molar-refractivity contribution in [2.75, 3.05) is 13.1 Å². The van der Waals surface area contributed by atoms with E-state index in [1.54, 1.807) is 12.1 Å². The van der Waals surface area contributed by atoms with Crippen molar-refractivity contribution in [3.8, 4) is 10.6 Å². The molecule has 1 aliphatic rings. The molecule has 1 fully saturated rings. The van der Waals surface area contributed by atoms with Crippen molar-refractivity contribution < 1.29 is 17.6 Å². The molecular weight excluding hydrogens is 392 g/mol. The quantitative estimate of drug-likeness (QED) is 0.568. The molecule has 0 amide bonds. The van der Waals surface area contributed by atoms with E-state index in [9.17, 15) is 17.6 Å². The average molecular weight is 410 g/mol. The van der Waals surface area contributed by atoms with Gasteiger partial charge in [0, 0.05) is 30.2 Å². The number of benzene rings is 1. The SMILES string of the molecule is Fc1ccc(-c2nc(CN3CCC[C@@H](n4nccc4C(F)(F)F)C3)cs2)cc1. The molecule has 0 spiro atoms. The Morgan fingerprint density at radius 2 is 1.93 bits per heavy atom. The van der Waals surface area contributed by atoms with Gasteiger partial charge < -0.3 is 0 Å². The van der Waals surface area contributed by atoms with Gasteiger partial charge in [0.2, 0.25) is 0 Å². The molecule has 0 saturated carbocycles. The summed E-state index contributed by atoms with van der Waals surface area (Å²) >= 11 is 1.47. The second kappa shape index (κ2) is 7.63. The molecule has 0 radical (unpaired) electrons. The fraction of sp³-hybridized carbons (Fsp3) is 0.368. The van der Waals surface area contributed by atoms with Crippen molar-refractivity contribution in [2.24, 2.45) is 0 Å². The van der Waals surface area contributed by atoms with E-state index in [0.29, 0.717) is 19.5 Å². The van der Waals surface area contributed by atoms with Crippen molar-refractivity contribution in [3.05, 3.63) is 59.1 Å². The Morgan fingerprint density at radius 3 is 2.68 bits per heavy atom. The first kappa shape index (κ1) is 19.1. The Morgan fingerprint density at radius 1 is 1.14 bits per heavy atom. The van der Waals surface area contributed by atoms with Crippen LogP contribution in [0.1, 0.15) is 30.3 Å². The second-order valence-corrected chi connectivity index (χ2v) is 7.70. The van der Waals surface area contributed by atoms with Crippen molar-refractivity contribution >= 4 is 11.3 Å². The molecule has 4 nitrogen and oxygen atoms in total. The summed E-state index contributed by atoms with van der Waals surface area (Å²) in [5.74, 6) is -0.295. The molecular formula is C19H18F4N4S. The number of hydrogen-bond donors (Lipinski definition) is 0. The van der Waals surface area contributed by atoms with E-state index in [0.717, 1.165) is 40.0 Å². The second-order valence-electron chi connectivity index (χ2n) is 6.84. The first-order valence-corrected chi connectivity index (χ1v) is 9.81. The van der Waals surface area contributed by atoms with Gasteiger partial charge in [0.25, 0.3) is 0 Å². The molecule has 4 rings (SSSR count). The summed E-state index contributed by atoms with van der Waals surface area (Å²) in [6.07, 6.45) is -1.73. The molecule has 2 aromatic heterocycles. The minimum Gasteiger partial charge on any atom is -0.295 e. The molecule has 0 unspecified atom stereocenters. The van der Waals surface area contributed by atoms with Crippen LogP contribution in [0.5, 0.6) is 0 Å². The third-order valence-corrected chi connectivity index (χ3v) is 5.76. The van der Waals surface area contributed by atoms with E-state index in [1.165, 1.54) is 29.7 Å². The van der Waals surface area contributed by atoms with Crippen LogP contribution in [0.25, 0.3) is 10.6 Å². The van der Waals surface area contributed by atoms with Crippen LogP contribution in [0.3, 0.4) is 0 Å². The maximum atomic E-state index is 13.2. The van der Waals surface area contributed by atoms with E-state index < -0.39 is 11.9 Å². The lowest BCUT2D eigenvalue weighted by molar-refractivity contribution is -0.145. The fourth-order valence-electron chi connectivity index (χ4n) is 3.54. The van der Waals surface area contributed by atoms with Crippen LogP contribution in [0.2, 0.25) is 0 Å². The zero-order valence-corrected chi connectivity index (χ0v) is 15.7. The molecule has 28 heavy (non-hydrogen) atoms. The van der Waals surface area contributed by atoms with E-state index >= 15 is 0 Å². The number of hydrogen-bond acceptors (Lipinski definition) is 4. The zero-order valence-electron chi connectivity index (χ0n) is 14.9. The Balaban J connectivity index is 1.45. The summed E-state index contributed by atoms with van der Waals surface area (Å²) < 4.78 is 53.7. The van der Waals surface area contributed by atoms with Crippen LogP contribution in [-0.2, 0) is 12.7 Å². The summed E-state index contributed by atoms with van der Waals surface area (Å²) in [7, 11) is 0. The Hall–Kier alpha value is -2.26. The first-order chi connectivity index (χ1) is 13.4. The highest BCUT2D eigenvalue weighted by molar-refractivity contribution is 7.13. The lowest BCUT2D eigenvalue weighted by Gasteiger charge is -2.33. The largest absolute Gasteiger partial charge is 0.433 e. The Bertz CT molecular complexity index is 932. The van der Waals surface area contributed by atoms with Gasteiger partial charge in [0.05, 0.1) is 11.7 Å². The fourth-order valence-corrected chi connectivity index (χ4v) is 4.35. The van der Waals surface area contributed by atoms with Crippen LogP contribution >= 0.6 is 11.3 Å². The van der Waals surface area contributed by atoms with Gasteiger partial charge in [0.15, 0.2) is 0 Å². The molecule has 0 bridgehead atoms. The van der Waals surface area contributed by atoms with Crippen LogP contribution in [0, 0.1) is 5.82 Å². The number of aromatic nitrogens is 3. The van der Waals surface area contributed by atoms with Crippen LogP contribution in [-0.4, -0.2) is 32.8 Å². The average Bonchev–Trinajstić information content (AvgIpc) is 3.32. The Labute approximate surface area is 163 Å². The highest BCUT2D eigenvalue weighted by Crippen LogP contribution is 2.33. The van der Waals surface area contributed by atoms with Gasteiger partial charge in [-0.1, -0.05) is 0 Å². The monoisotopic (exact) mass is 410 g/mol. The number of alkyl halides is 3. The molecule has 0 N–H and O–H groups in total. The molecule has 3 heterocycles. The van der Waals surface area contributed by atoms with Gasteiger partial charge >= 0.3 is 6.18 Å². The normalized spacial score (nSPS) is 18.5. The van der Waals surface area contributed by atoms with E-state index in [2.05, 4.69) is 15.0 Å². The topological polar surface area (TPSA) is 34.0 Å². The lowest BCUT2D eigenvalue weighted by atomic mass is 10.1. The summed E-state index contributed by atoms with van der Waals surface area (Å²) in [5.41, 5.74) is 1.01. The molecule has 0 aliphatic carbocycles. The minimum absolute atomic E-state index is 0.295. The van der Waals surface area contributed by atoms with E-state index in [1.807, 2.05) is 5.38 Å². The van der Waals surface area contributed by atoms with Crippen LogP contribution in [0.15, 0.2) is 41.9 Å². The predicted octanol–water partition coefficient (Wildman–Crippen LogP) is 5.00. The number of halogens is 4. The van der Waals surface area contributed by atoms with Gasteiger partial charge in [-0.15, -0.1) is 11.3 Å². The van der Waals surface area contributed by atoms with E-state index in [-0.39, 0.29) is 11.9 Å². The number of rotatable bonds is 4. The third kappa shape index (κ3) is 4.10. The molecule has 9 heteroatoms. The predicted molar refractivity (Wildman–Crippen MR) is 98.3 cm³/mol. The van der Waals surface area contributed by atoms with Crippen LogP contribution in [0.4, 0.5) is 17.6 Å². The van der Waals surface area contributed by atoms with Gasteiger partial charge in [0.1, 0.15) is 16.5 Å². The van der Waals surface area contributed by atoms with Gasteiger partial charge in [-0.2, -0.15) is 18.3 Å². The van der Waals surface area contributed by atoms with Gasteiger partial charge in [-0.25, -0.2) is 9.37 Å². The van der Waals surface area contributed by atoms with E-state index in [4.69, 9.17) is 0 Å². The number of likely N-dealkylation sites (tertiary alicyclic amines) is 1. The smallest absolute Gasteiger partial charge is 0.295 e. The van der Waals surface area contributed by atoms with Crippen molar-refractivity contribution in [1.29, 1.82) is 0 Å². The van der Waals surface area contributed by atoms with Crippen molar-refractivity contribution in [1.82, 2.24) is 19.7 Å². The molecule has 148 valence electrons. The lowest BCUT2D eigenvalue weighted by Crippen LogP contribution is -2.37.